The van der Waals surface area contributed by atoms with Crippen LogP contribution in [-0.2, 0) is 7.05 Å². The monoisotopic (exact) mass is 485 g/mol. The van der Waals surface area contributed by atoms with E-state index in [-0.39, 0.29) is 11.8 Å². The van der Waals surface area contributed by atoms with Crippen molar-refractivity contribution in [2.75, 3.05) is 18.4 Å². The van der Waals surface area contributed by atoms with Crippen LogP contribution in [0.15, 0.2) is 66.6 Å². The zero-order valence-corrected chi connectivity index (χ0v) is 20.6. The molecule has 0 saturated carbocycles. The summed E-state index contributed by atoms with van der Waals surface area (Å²) in [6.45, 7) is 3.34. The van der Waals surface area contributed by atoms with Crippen LogP contribution in [0.3, 0.4) is 0 Å². The van der Waals surface area contributed by atoms with Crippen LogP contribution in [0.25, 0.3) is 11.1 Å². The summed E-state index contributed by atoms with van der Waals surface area (Å²) in [6, 6.07) is 14.2. The van der Waals surface area contributed by atoms with E-state index < -0.39 is 0 Å². The average molecular weight is 486 g/mol. The van der Waals surface area contributed by atoms with Crippen molar-refractivity contribution >= 4 is 28.8 Å². The molecule has 0 bridgehead atoms. The van der Waals surface area contributed by atoms with Crippen LogP contribution in [0.2, 0.25) is 0 Å². The van der Waals surface area contributed by atoms with Gasteiger partial charge in [-0.05, 0) is 54.5 Å². The predicted molar refractivity (Wildman–Crippen MR) is 138 cm³/mol. The molecular weight excluding hydrogens is 458 g/mol. The first kappa shape index (κ1) is 23.0. The number of amides is 2. The highest BCUT2D eigenvalue weighted by Crippen LogP contribution is 2.31. The highest BCUT2D eigenvalue weighted by Gasteiger charge is 2.25. The lowest BCUT2D eigenvalue weighted by atomic mass is 9.88. The predicted octanol–water partition coefficient (Wildman–Crippen LogP) is 5.12. The molecule has 1 saturated heterocycles. The topological polar surface area (TPSA) is 80.1 Å². The molecule has 8 heteroatoms. The molecule has 3 heterocycles. The van der Waals surface area contributed by atoms with Gasteiger partial charge in [-0.2, -0.15) is 5.10 Å². The van der Waals surface area contributed by atoms with Gasteiger partial charge in [-0.1, -0.05) is 30.3 Å². The van der Waals surface area contributed by atoms with E-state index in [0.29, 0.717) is 35.1 Å². The van der Waals surface area contributed by atoms with Crippen molar-refractivity contribution in [1.82, 2.24) is 19.7 Å². The highest BCUT2D eigenvalue weighted by molar-refractivity contribution is 7.11. The van der Waals surface area contributed by atoms with Gasteiger partial charge in [0.25, 0.3) is 11.8 Å². The number of nitrogens with zero attached hydrogens (tertiary/aromatic N) is 4. The van der Waals surface area contributed by atoms with E-state index in [9.17, 15) is 9.59 Å². The Morgan fingerprint density at radius 3 is 2.46 bits per heavy atom. The van der Waals surface area contributed by atoms with E-state index in [4.69, 9.17) is 0 Å². The van der Waals surface area contributed by atoms with Gasteiger partial charge < -0.3 is 10.2 Å². The summed E-state index contributed by atoms with van der Waals surface area (Å²) in [4.78, 5) is 32.1. The number of aryl methyl sites for hydroxylation is 2. The second-order valence-corrected chi connectivity index (χ2v) is 9.83. The fourth-order valence-electron chi connectivity index (χ4n) is 4.52. The van der Waals surface area contributed by atoms with E-state index in [0.717, 1.165) is 29.5 Å². The fourth-order valence-corrected chi connectivity index (χ4v) is 5.03. The van der Waals surface area contributed by atoms with Crippen molar-refractivity contribution in [3.8, 4) is 11.1 Å². The maximum absolute atomic E-state index is 13.2. The minimum absolute atomic E-state index is 0.00339. The number of likely N-dealkylation sites (tertiary alicyclic amines) is 1. The van der Waals surface area contributed by atoms with Gasteiger partial charge in [0.1, 0.15) is 4.88 Å². The quantitative estimate of drug-likeness (QED) is 0.425. The molecule has 0 unspecified atom stereocenters. The zero-order chi connectivity index (χ0) is 24.4. The number of piperidine rings is 1. The number of rotatable bonds is 5. The van der Waals surface area contributed by atoms with Gasteiger partial charge in [-0.15, -0.1) is 11.3 Å². The number of aromatic nitrogens is 3. The summed E-state index contributed by atoms with van der Waals surface area (Å²) in [5, 5.41) is 7.16. The second-order valence-electron chi connectivity index (χ2n) is 8.94. The molecular formula is C27H27N5O2S. The molecule has 178 valence electrons. The molecule has 2 amide bonds. The number of hydrogen-bond acceptors (Lipinski definition) is 5. The van der Waals surface area contributed by atoms with Crippen molar-refractivity contribution in [3.63, 3.8) is 0 Å². The lowest BCUT2D eigenvalue weighted by molar-refractivity contribution is 0.0712. The largest absolute Gasteiger partial charge is 0.339 e. The van der Waals surface area contributed by atoms with Gasteiger partial charge in [0.2, 0.25) is 0 Å². The Morgan fingerprint density at radius 1 is 1.03 bits per heavy atom. The van der Waals surface area contributed by atoms with Crippen molar-refractivity contribution in [1.29, 1.82) is 0 Å². The van der Waals surface area contributed by atoms with Gasteiger partial charge in [0.15, 0.2) is 0 Å². The Kier molecular flexibility index (Phi) is 6.46. The van der Waals surface area contributed by atoms with Crippen LogP contribution in [0, 0.1) is 6.92 Å². The average Bonchev–Trinajstić information content (AvgIpc) is 3.58. The van der Waals surface area contributed by atoms with Gasteiger partial charge in [0.05, 0.1) is 17.9 Å². The summed E-state index contributed by atoms with van der Waals surface area (Å²) in [5.74, 6) is 0.230. The second kappa shape index (κ2) is 9.84. The van der Waals surface area contributed by atoms with Crippen molar-refractivity contribution in [2.24, 2.45) is 7.05 Å². The molecule has 5 rings (SSSR count). The summed E-state index contributed by atoms with van der Waals surface area (Å²) in [6.07, 6.45) is 7.29. The van der Waals surface area contributed by atoms with Crippen LogP contribution in [0.1, 0.15) is 49.9 Å². The van der Waals surface area contributed by atoms with E-state index in [1.165, 1.54) is 16.9 Å². The minimum atomic E-state index is -0.212. The molecule has 1 aliphatic rings. The van der Waals surface area contributed by atoms with Crippen LogP contribution >= 0.6 is 11.3 Å². The highest BCUT2D eigenvalue weighted by atomic mass is 32.1. The normalized spacial score (nSPS) is 14.2. The molecule has 4 aromatic rings. The van der Waals surface area contributed by atoms with Crippen LogP contribution in [-0.4, -0.2) is 44.6 Å². The van der Waals surface area contributed by atoms with Gasteiger partial charge in [-0.25, -0.2) is 0 Å². The molecule has 0 radical (unpaired) electrons. The van der Waals surface area contributed by atoms with Crippen LogP contribution < -0.4 is 5.32 Å². The molecule has 0 atom stereocenters. The first-order valence-electron chi connectivity index (χ1n) is 11.7. The first-order chi connectivity index (χ1) is 17.0. The van der Waals surface area contributed by atoms with Crippen molar-refractivity contribution in [2.45, 2.75) is 25.7 Å². The third-order valence-corrected chi connectivity index (χ3v) is 7.36. The standard InChI is InChI=1S/C27H27N5O2S/c1-18-3-4-22(13-24(18)30-26(33)25-15-28-17-35-25)27(34)32-11-9-21(10-12-32)19-5-7-20(8-6-19)23-14-29-31(2)16-23/h3-8,13-17,21H,9-12H2,1-2H3,(H,30,33). The van der Waals surface area contributed by atoms with E-state index in [1.807, 2.05) is 48.1 Å². The van der Waals surface area contributed by atoms with Crippen LogP contribution in [0.5, 0.6) is 0 Å². The molecule has 2 aromatic heterocycles. The maximum Gasteiger partial charge on any atom is 0.267 e. The molecule has 1 N–H and O–H groups in total. The molecule has 0 spiro atoms. The Morgan fingerprint density at radius 2 is 1.80 bits per heavy atom. The molecule has 2 aromatic carbocycles. The molecule has 0 aliphatic carbocycles. The summed E-state index contributed by atoms with van der Waals surface area (Å²) in [5.41, 5.74) is 7.36. The van der Waals surface area contributed by atoms with Crippen molar-refractivity contribution in [3.05, 3.63) is 88.1 Å². The number of hydrogen-bond donors (Lipinski definition) is 1. The lowest BCUT2D eigenvalue weighted by Gasteiger charge is -2.32. The lowest BCUT2D eigenvalue weighted by Crippen LogP contribution is -2.38. The van der Waals surface area contributed by atoms with Crippen LogP contribution in [0.4, 0.5) is 5.69 Å². The van der Waals surface area contributed by atoms with E-state index >= 15 is 0 Å². The SMILES string of the molecule is Cc1ccc(C(=O)N2CCC(c3ccc(-c4cnn(C)c4)cc3)CC2)cc1NC(=O)c1cncs1. The third-order valence-electron chi connectivity index (χ3n) is 6.59. The number of carbonyl (C=O) groups is 2. The Balaban J connectivity index is 1.22. The number of benzene rings is 2. The summed E-state index contributed by atoms with van der Waals surface area (Å²) >= 11 is 1.29. The molecule has 1 fully saturated rings. The Hall–Kier alpha value is -3.78. The van der Waals surface area contributed by atoms with Gasteiger partial charge >= 0.3 is 0 Å². The molecule has 7 nitrogen and oxygen atoms in total. The molecule has 35 heavy (non-hydrogen) atoms. The Bertz CT molecular complexity index is 1340. The zero-order valence-electron chi connectivity index (χ0n) is 19.8. The van der Waals surface area contributed by atoms with Gasteiger partial charge in [0, 0.05) is 43.1 Å². The smallest absolute Gasteiger partial charge is 0.267 e. The maximum atomic E-state index is 13.2. The number of carbonyl (C=O) groups excluding carboxylic acids is 2. The third kappa shape index (κ3) is 5.02. The van der Waals surface area contributed by atoms with E-state index in [2.05, 4.69) is 39.7 Å². The van der Waals surface area contributed by atoms with E-state index in [1.54, 1.807) is 17.8 Å². The number of thiazole rings is 1. The first-order valence-corrected chi connectivity index (χ1v) is 12.5. The van der Waals surface area contributed by atoms with Gasteiger partial charge in [-0.3, -0.25) is 19.3 Å². The number of anilines is 1. The summed E-state index contributed by atoms with van der Waals surface area (Å²) < 4.78 is 1.81. The van der Waals surface area contributed by atoms with Crippen molar-refractivity contribution < 1.29 is 9.59 Å². The number of nitrogens with one attached hydrogen (secondary N) is 1. The fraction of sp³-hybridized carbons (Fsp3) is 0.259. The Labute approximate surface area is 208 Å². The molecule has 1 aliphatic heterocycles. The minimum Gasteiger partial charge on any atom is -0.339 e. The summed E-state index contributed by atoms with van der Waals surface area (Å²) in [7, 11) is 1.92.